The molecule has 118 valence electrons. The van der Waals surface area contributed by atoms with Gasteiger partial charge in [0, 0.05) is 6.54 Å². The highest BCUT2D eigenvalue weighted by molar-refractivity contribution is 7.89. The molecule has 0 fully saturated rings. The number of rotatable bonds is 7. The Labute approximate surface area is 124 Å². The van der Waals surface area contributed by atoms with E-state index >= 15 is 0 Å². The van der Waals surface area contributed by atoms with E-state index in [2.05, 4.69) is 0 Å². The van der Waals surface area contributed by atoms with E-state index in [0.29, 0.717) is 6.42 Å². The fourth-order valence-electron chi connectivity index (χ4n) is 1.85. The third-order valence-electron chi connectivity index (χ3n) is 2.99. The summed E-state index contributed by atoms with van der Waals surface area (Å²) in [6.45, 7) is 3.07. The van der Waals surface area contributed by atoms with Gasteiger partial charge >= 0.3 is 0 Å². The van der Waals surface area contributed by atoms with Gasteiger partial charge in [-0.3, -0.25) is 4.79 Å². The summed E-state index contributed by atoms with van der Waals surface area (Å²) in [5, 5.41) is 0. The van der Waals surface area contributed by atoms with Gasteiger partial charge in [0.05, 0.1) is 17.1 Å². The highest BCUT2D eigenvalue weighted by atomic mass is 32.2. The van der Waals surface area contributed by atoms with Crippen LogP contribution in [0.15, 0.2) is 17.0 Å². The zero-order chi connectivity index (χ0) is 16.2. The molecular formula is C13H20FN3O3S. The van der Waals surface area contributed by atoms with Gasteiger partial charge in [-0.25, -0.2) is 12.8 Å². The van der Waals surface area contributed by atoms with Gasteiger partial charge in [-0.1, -0.05) is 13.3 Å². The summed E-state index contributed by atoms with van der Waals surface area (Å²) < 4.78 is 39.6. The molecule has 0 aliphatic carbocycles. The molecule has 0 saturated carbocycles. The largest absolute Gasteiger partial charge is 0.396 e. The number of primary amides is 1. The molecule has 1 aromatic rings. The van der Waals surface area contributed by atoms with Crippen LogP contribution in [-0.2, 0) is 14.8 Å². The Morgan fingerprint density at radius 2 is 2.00 bits per heavy atom. The van der Waals surface area contributed by atoms with Gasteiger partial charge in [0.25, 0.3) is 0 Å². The molecular weight excluding hydrogens is 297 g/mol. The number of nitrogens with zero attached hydrogens (tertiary/aromatic N) is 1. The first-order valence-electron chi connectivity index (χ1n) is 6.54. The van der Waals surface area contributed by atoms with Crippen molar-refractivity contribution in [1.29, 1.82) is 0 Å². The minimum Gasteiger partial charge on any atom is -0.396 e. The van der Waals surface area contributed by atoms with Gasteiger partial charge in [0.2, 0.25) is 15.9 Å². The second-order valence-corrected chi connectivity index (χ2v) is 6.74. The van der Waals surface area contributed by atoms with Gasteiger partial charge in [0.1, 0.15) is 5.82 Å². The predicted molar refractivity (Wildman–Crippen MR) is 78.4 cm³/mol. The summed E-state index contributed by atoms with van der Waals surface area (Å²) >= 11 is 0. The number of nitrogen functional groups attached to an aromatic ring is 1. The summed E-state index contributed by atoms with van der Waals surface area (Å²) in [5.74, 6) is -1.40. The number of carbonyl (C=O) groups is 1. The van der Waals surface area contributed by atoms with Crippen molar-refractivity contribution in [3.05, 3.63) is 23.5 Å². The number of anilines is 1. The fraction of sp³-hybridized carbons (Fsp3) is 0.462. The van der Waals surface area contributed by atoms with Gasteiger partial charge in [0.15, 0.2) is 0 Å². The van der Waals surface area contributed by atoms with E-state index in [1.54, 1.807) is 0 Å². The number of benzene rings is 1. The molecule has 8 heteroatoms. The van der Waals surface area contributed by atoms with Crippen LogP contribution in [0, 0.1) is 12.7 Å². The summed E-state index contributed by atoms with van der Waals surface area (Å²) in [6, 6.07) is 2.25. The predicted octanol–water partition coefficient (Wildman–Crippen LogP) is 0.992. The normalized spacial score (nSPS) is 11.8. The Kier molecular flexibility index (Phi) is 5.68. The van der Waals surface area contributed by atoms with Crippen LogP contribution < -0.4 is 11.5 Å². The monoisotopic (exact) mass is 317 g/mol. The smallest absolute Gasteiger partial charge is 0.243 e. The van der Waals surface area contributed by atoms with Crippen LogP contribution >= 0.6 is 0 Å². The van der Waals surface area contributed by atoms with Crippen molar-refractivity contribution in [2.24, 2.45) is 5.73 Å². The maximum absolute atomic E-state index is 13.5. The minimum absolute atomic E-state index is 0.128. The average Bonchev–Trinajstić information content (AvgIpc) is 2.39. The zero-order valence-electron chi connectivity index (χ0n) is 12.1. The molecule has 0 heterocycles. The quantitative estimate of drug-likeness (QED) is 0.731. The lowest BCUT2D eigenvalue weighted by molar-refractivity contribution is -0.118. The van der Waals surface area contributed by atoms with Crippen molar-refractivity contribution in [3.63, 3.8) is 0 Å². The van der Waals surface area contributed by atoms with Gasteiger partial charge < -0.3 is 11.5 Å². The number of nitrogens with two attached hydrogens (primary N) is 2. The lowest BCUT2D eigenvalue weighted by Crippen LogP contribution is -2.39. The standard InChI is InChI=1S/C13H20FN3O3S/c1-3-4-5-17(8-12(16)18)21(19,20)10-6-9(2)13(14)11(15)7-10/h6-7H,3-5,8,15H2,1-2H3,(H2,16,18). The van der Waals surface area contributed by atoms with E-state index in [1.165, 1.54) is 13.0 Å². The lowest BCUT2D eigenvalue weighted by Gasteiger charge is -2.21. The number of amides is 1. The molecule has 0 saturated heterocycles. The van der Waals surface area contributed by atoms with E-state index in [-0.39, 0.29) is 22.7 Å². The molecule has 0 aliphatic rings. The molecule has 21 heavy (non-hydrogen) atoms. The van der Waals surface area contributed by atoms with Crippen molar-refractivity contribution in [1.82, 2.24) is 4.31 Å². The molecule has 0 radical (unpaired) electrons. The maximum atomic E-state index is 13.5. The van der Waals surface area contributed by atoms with E-state index in [1.807, 2.05) is 6.92 Å². The summed E-state index contributed by atoms with van der Waals surface area (Å²) in [6.07, 6.45) is 1.34. The third-order valence-corrected chi connectivity index (χ3v) is 4.81. The van der Waals surface area contributed by atoms with Crippen LogP contribution in [0.3, 0.4) is 0 Å². The SMILES string of the molecule is CCCCN(CC(N)=O)S(=O)(=O)c1cc(C)c(F)c(N)c1. The minimum atomic E-state index is -3.94. The topological polar surface area (TPSA) is 106 Å². The van der Waals surface area contributed by atoms with Gasteiger partial charge in [-0.05, 0) is 31.0 Å². The van der Waals surface area contributed by atoms with E-state index in [0.717, 1.165) is 16.8 Å². The molecule has 0 bridgehead atoms. The van der Waals surface area contributed by atoms with Crippen molar-refractivity contribution in [3.8, 4) is 0 Å². The van der Waals surface area contributed by atoms with Crippen molar-refractivity contribution in [2.45, 2.75) is 31.6 Å². The van der Waals surface area contributed by atoms with Crippen molar-refractivity contribution >= 4 is 21.6 Å². The summed E-state index contributed by atoms with van der Waals surface area (Å²) in [7, 11) is -3.94. The fourth-order valence-corrected chi connectivity index (χ4v) is 3.42. The molecule has 1 rings (SSSR count). The second-order valence-electron chi connectivity index (χ2n) is 4.80. The van der Waals surface area contributed by atoms with Crippen molar-refractivity contribution in [2.75, 3.05) is 18.8 Å². The van der Waals surface area contributed by atoms with Crippen LogP contribution in [0.5, 0.6) is 0 Å². The average molecular weight is 317 g/mol. The molecule has 1 aromatic carbocycles. The molecule has 0 aromatic heterocycles. The Hall–Kier alpha value is -1.67. The highest BCUT2D eigenvalue weighted by Gasteiger charge is 2.26. The Morgan fingerprint density at radius 3 is 2.48 bits per heavy atom. The number of hydrogen-bond donors (Lipinski definition) is 2. The van der Waals surface area contributed by atoms with Crippen LogP contribution in [0.2, 0.25) is 0 Å². The van der Waals surface area contributed by atoms with Gasteiger partial charge in [-0.15, -0.1) is 0 Å². The molecule has 0 aliphatic heterocycles. The number of aryl methyl sites for hydroxylation is 1. The Morgan fingerprint density at radius 1 is 1.38 bits per heavy atom. The number of sulfonamides is 1. The molecule has 1 amide bonds. The van der Waals surface area contributed by atoms with Crippen LogP contribution in [0.25, 0.3) is 0 Å². The lowest BCUT2D eigenvalue weighted by atomic mass is 10.2. The molecule has 4 N–H and O–H groups in total. The van der Waals surface area contributed by atoms with Crippen molar-refractivity contribution < 1.29 is 17.6 Å². The van der Waals surface area contributed by atoms with Gasteiger partial charge in [-0.2, -0.15) is 4.31 Å². The first-order chi connectivity index (χ1) is 9.70. The first kappa shape index (κ1) is 17.4. The number of halogens is 1. The van der Waals surface area contributed by atoms with Crippen LogP contribution in [-0.4, -0.2) is 31.7 Å². The van der Waals surface area contributed by atoms with E-state index < -0.39 is 28.3 Å². The second kappa shape index (κ2) is 6.86. The highest BCUT2D eigenvalue weighted by Crippen LogP contribution is 2.23. The molecule has 0 atom stereocenters. The number of unbranched alkanes of at least 4 members (excludes halogenated alkanes) is 1. The zero-order valence-corrected chi connectivity index (χ0v) is 12.9. The first-order valence-corrected chi connectivity index (χ1v) is 7.98. The summed E-state index contributed by atoms with van der Waals surface area (Å²) in [5.41, 5.74) is 10.4. The Balaban J connectivity index is 3.24. The number of carbonyl (C=O) groups excluding carboxylic acids is 1. The third kappa shape index (κ3) is 4.15. The van der Waals surface area contributed by atoms with Crippen LogP contribution in [0.4, 0.5) is 10.1 Å². The van der Waals surface area contributed by atoms with Crippen LogP contribution in [0.1, 0.15) is 25.3 Å². The number of hydrogen-bond acceptors (Lipinski definition) is 4. The summed E-state index contributed by atoms with van der Waals surface area (Å²) in [4.78, 5) is 10.9. The van der Waals surface area contributed by atoms with E-state index in [9.17, 15) is 17.6 Å². The van der Waals surface area contributed by atoms with E-state index in [4.69, 9.17) is 11.5 Å². The molecule has 6 nitrogen and oxygen atoms in total. The molecule has 0 spiro atoms. The Bertz CT molecular complexity index is 609. The molecule has 0 unspecified atom stereocenters. The maximum Gasteiger partial charge on any atom is 0.243 e.